The molecule has 21 heavy (non-hydrogen) atoms. The summed E-state index contributed by atoms with van der Waals surface area (Å²) in [7, 11) is 0. The quantitative estimate of drug-likeness (QED) is 0.572. The molecule has 1 amide bonds. The highest BCUT2D eigenvalue weighted by Crippen LogP contribution is 2.19. The van der Waals surface area contributed by atoms with E-state index in [1.54, 1.807) is 0 Å². The van der Waals surface area contributed by atoms with E-state index in [1.807, 2.05) is 0 Å². The minimum absolute atomic E-state index is 0.126. The monoisotopic (exact) mass is 295 g/mol. The molecule has 1 aromatic carbocycles. The Hall–Kier alpha value is -1.62. The summed E-state index contributed by atoms with van der Waals surface area (Å²) in [4.78, 5) is 14.2. The fourth-order valence-electron chi connectivity index (χ4n) is 2.11. The molecule has 0 aliphatic heterocycles. The average Bonchev–Trinajstić information content (AvgIpc) is 2.41. The second kappa shape index (κ2) is 8.62. The molecule has 0 saturated heterocycles. The van der Waals surface area contributed by atoms with Gasteiger partial charge in [0, 0.05) is 6.04 Å². The number of anilines is 2. The van der Waals surface area contributed by atoms with E-state index in [0.717, 1.165) is 25.8 Å². The van der Waals surface area contributed by atoms with Gasteiger partial charge in [0.2, 0.25) is 5.91 Å². The maximum Gasteiger partial charge on any atom is 0.238 e. The van der Waals surface area contributed by atoms with Crippen molar-refractivity contribution < 1.29 is 9.18 Å². The van der Waals surface area contributed by atoms with Crippen LogP contribution in [0.4, 0.5) is 15.8 Å². The second-order valence-electron chi connectivity index (χ2n) is 5.55. The van der Waals surface area contributed by atoms with Gasteiger partial charge in [-0.25, -0.2) is 4.39 Å². The number of nitrogens with two attached hydrogens (primary N) is 1. The first-order valence-electron chi connectivity index (χ1n) is 7.53. The summed E-state index contributed by atoms with van der Waals surface area (Å²) < 4.78 is 13.0. The zero-order chi connectivity index (χ0) is 15.8. The third kappa shape index (κ3) is 6.12. The molecule has 0 aliphatic carbocycles. The fraction of sp³-hybridized carbons (Fsp3) is 0.562. The largest absolute Gasteiger partial charge is 0.397 e. The normalized spacial score (nSPS) is 11.1. The Morgan fingerprint density at radius 2 is 2.10 bits per heavy atom. The van der Waals surface area contributed by atoms with E-state index in [2.05, 4.69) is 31.0 Å². The number of carbonyl (C=O) groups is 1. The van der Waals surface area contributed by atoms with Gasteiger partial charge in [0.15, 0.2) is 0 Å². The molecule has 1 rings (SSSR count). The molecule has 0 radical (unpaired) electrons. The third-order valence-electron chi connectivity index (χ3n) is 3.41. The van der Waals surface area contributed by atoms with Gasteiger partial charge < -0.3 is 11.1 Å². The van der Waals surface area contributed by atoms with Crippen LogP contribution >= 0.6 is 0 Å². The molecule has 0 aliphatic rings. The number of amides is 1. The van der Waals surface area contributed by atoms with Crippen molar-refractivity contribution in [1.82, 2.24) is 4.90 Å². The first-order valence-corrected chi connectivity index (χ1v) is 7.53. The molecule has 0 heterocycles. The number of nitrogen functional groups attached to an aromatic ring is 1. The van der Waals surface area contributed by atoms with Crippen LogP contribution in [-0.4, -0.2) is 29.9 Å². The lowest BCUT2D eigenvalue weighted by Crippen LogP contribution is -2.38. The van der Waals surface area contributed by atoms with Crippen LogP contribution in [0.25, 0.3) is 0 Å². The molecule has 0 atom stereocenters. The molecule has 5 heteroatoms. The van der Waals surface area contributed by atoms with Crippen molar-refractivity contribution in [3.8, 4) is 0 Å². The summed E-state index contributed by atoms with van der Waals surface area (Å²) in [5.41, 5.74) is 6.39. The Kier molecular flexibility index (Phi) is 7.15. The number of nitrogens with zero attached hydrogens (tertiary/aromatic N) is 1. The van der Waals surface area contributed by atoms with E-state index in [4.69, 9.17) is 5.73 Å². The summed E-state index contributed by atoms with van der Waals surface area (Å²) in [6.45, 7) is 7.52. The summed E-state index contributed by atoms with van der Waals surface area (Å²) >= 11 is 0. The van der Waals surface area contributed by atoms with Crippen LogP contribution in [-0.2, 0) is 4.79 Å². The summed E-state index contributed by atoms with van der Waals surface area (Å²) in [6.07, 6.45) is 3.40. The number of benzene rings is 1. The van der Waals surface area contributed by atoms with E-state index in [1.165, 1.54) is 18.2 Å². The van der Waals surface area contributed by atoms with Gasteiger partial charge in [0.1, 0.15) is 5.82 Å². The van der Waals surface area contributed by atoms with Gasteiger partial charge in [-0.2, -0.15) is 0 Å². The lowest BCUT2D eigenvalue weighted by atomic mass is 10.2. The second-order valence-corrected chi connectivity index (χ2v) is 5.55. The molecule has 0 spiro atoms. The predicted molar refractivity (Wildman–Crippen MR) is 85.7 cm³/mol. The number of hydrogen-bond donors (Lipinski definition) is 2. The maximum atomic E-state index is 13.0. The molecular formula is C16H26FN3O. The van der Waals surface area contributed by atoms with Crippen LogP contribution in [0.1, 0.15) is 40.0 Å². The van der Waals surface area contributed by atoms with Crippen molar-refractivity contribution in [1.29, 1.82) is 0 Å². The molecular weight excluding hydrogens is 269 g/mol. The van der Waals surface area contributed by atoms with Crippen LogP contribution in [0, 0.1) is 5.82 Å². The van der Waals surface area contributed by atoms with Crippen LogP contribution in [0.3, 0.4) is 0 Å². The van der Waals surface area contributed by atoms with Gasteiger partial charge in [-0.1, -0.05) is 19.8 Å². The predicted octanol–water partition coefficient (Wildman–Crippen LogP) is 3.25. The molecule has 1 aromatic rings. The van der Waals surface area contributed by atoms with E-state index in [9.17, 15) is 9.18 Å². The molecule has 3 N–H and O–H groups in total. The van der Waals surface area contributed by atoms with Gasteiger partial charge >= 0.3 is 0 Å². The van der Waals surface area contributed by atoms with Gasteiger partial charge in [-0.05, 0) is 45.0 Å². The molecule has 0 fully saturated rings. The summed E-state index contributed by atoms with van der Waals surface area (Å²) in [5, 5.41) is 2.74. The van der Waals surface area contributed by atoms with E-state index < -0.39 is 5.82 Å². The Balaban J connectivity index is 2.57. The van der Waals surface area contributed by atoms with Crippen molar-refractivity contribution >= 4 is 17.3 Å². The number of hydrogen-bond acceptors (Lipinski definition) is 3. The van der Waals surface area contributed by atoms with Crippen LogP contribution in [0.2, 0.25) is 0 Å². The summed E-state index contributed by atoms with van der Waals surface area (Å²) in [6, 6.07) is 4.28. The smallest absolute Gasteiger partial charge is 0.238 e. The minimum Gasteiger partial charge on any atom is -0.397 e. The highest BCUT2D eigenvalue weighted by atomic mass is 19.1. The number of nitrogens with one attached hydrogen (secondary N) is 1. The molecule has 0 unspecified atom stereocenters. The Bertz CT molecular complexity index is 463. The summed E-state index contributed by atoms with van der Waals surface area (Å²) in [5.74, 6) is -0.535. The standard InChI is InChI=1S/C16H26FN3O/c1-4-5-6-9-20(12(2)3)11-16(21)19-15-8-7-13(17)10-14(15)18/h7-8,10,12H,4-6,9,11,18H2,1-3H3,(H,19,21). The molecule has 0 saturated carbocycles. The van der Waals surface area contributed by atoms with Crippen molar-refractivity contribution in [2.45, 2.75) is 46.1 Å². The number of carbonyl (C=O) groups excluding carboxylic acids is 1. The van der Waals surface area contributed by atoms with Crippen LogP contribution < -0.4 is 11.1 Å². The van der Waals surface area contributed by atoms with Gasteiger partial charge in [0.25, 0.3) is 0 Å². The van der Waals surface area contributed by atoms with Gasteiger partial charge in [-0.3, -0.25) is 9.69 Å². The Labute approximate surface area is 126 Å². The lowest BCUT2D eigenvalue weighted by molar-refractivity contribution is -0.117. The Morgan fingerprint density at radius 1 is 1.38 bits per heavy atom. The topological polar surface area (TPSA) is 58.4 Å². The molecule has 118 valence electrons. The third-order valence-corrected chi connectivity index (χ3v) is 3.41. The zero-order valence-electron chi connectivity index (χ0n) is 13.2. The van der Waals surface area contributed by atoms with E-state index in [-0.39, 0.29) is 11.6 Å². The van der Waals surface area contributed by atoms with E-state index >= 15 is 0 Å². The number of halogens is 1. The minimum atomic E-state index is -0.408. The van der Waals surface area contributed by atoms with Crippen molar-refractivity contribution in [3.63, 3.8) is 0 Å². The van der Waals surface area contributed by atoms with Crippen molar-refractivity contribution in [3.05, 3.63) is 24.0 Å². The SMILES string of the molecule is CCCCCN(CC(=O)Nc1ccc(F)cc1N)C(C)C. The van der Waals surface area contributed by atoms with Crippen LogP contribution in [0.5, 0.6) is 0 Å². The zero-order valence-corrected chi connectivity index (χ0v) is 13.2. The highest BCUT2D eigenvalue weighted by molar-refractivity contribution is 5.95. The maximum absolute atomic E-state index is 13.0. The molecule has 0 aromatic heterocycles. The highest BCUT2D eigenvalue weighted by Gasteiger charge is 2.14. The number of rotatable bonds is 8. The molecule has 4 nitrogen and oxygen atoms in total. The van der Waals surface area contributed by atoms with Crippen molar-refractivity contribution in [2.75, 3.05) is 24.1 Å². The van der Waals surface area contributed by atoms with E-state index in [0.29, 0.717) is 18.3 Å². The Morgan fingerprint density at radius 3 is 2.67 bits per heavy atom. The first-order chi connectivity index (χ1) is 9.93. The number of unbranched alkanes of at least 4 members (excludes halogenated alkanes) is 2. The molecule has 0 bridgehead atoms. The fourth-order valence-corrected chi connectivity index (χ4v) is 2.11. The lowest BCUT2D eigenvalue weighted by Gasteiger charge is -2.25. The van der Waals surface area contributed by atoms with Crippen molar-refractivity contribution in [2.24, 2.45) is 0 Å². The van der Waals surface area contributed by atoms with Gasteiger partial charge in [0.05, 0.1) is 17.9 Å². The van der Waals surface area contributed by atoms with Gasteiger partial charge in [-0.15, -0.1) is 0 Å². The average molecular weight is 295 g/mol. The van der Waals surface area contributed by atoms with Crippen LogP contribution in [0.15, 0.2) is 18.2 Å². The first kappa shape index (κ1) is 17.4.